The molecule has 0 aliphatic carbocycles. The average molecular weight is 352 g/mol. The second-order valence-electron chi connectivity index (χ2n) is 6.13. The highest BCUT2D eigenvalue weighted by Gasteiger charge is 2.41. The van der Waals surface area contributed by atoms with Gasteiger partial charge in [-0.15, -0.1) is 0 Å². The number of ether oxygens (including phenoxy) is 1. The minimum absolute atomic E-state index is 0.101. The van der Waals surface area contributed by atoms with Gasteiger partial charge >= 0.3 is 0 Å². The monoisotopic (exact) mass is 352 g/mol. The lowest BCUT2D eigenvalue weighted by atomic mass is 10.1. The van der Waals surface area contributed by atoms with Crippen molar-refractivity contribution in [2.24, 2.45) is 0 Å². The van der Waals surface area contributed by atoms with Crippen molar-refractivity contribution in [1.82, 2.24) is 9.88 Å². The van der Waals surface area contributed by atoms with E-state index in [2.05, 4.69) is 4.98 Å². The molecule has 134 valence electrons. The van der Waals surface area contributed by atoms with Crippen molar-refractivity contribution in [1.29, 1.82) is 0 Å². The molecule has 1 N–H and O–H groups in total. The molecule has 1 aromatic heterocycles. The Hall–Kier alpha value is -2.99. The molecule has 1 aliphatic heterocycles. The van der Waals surface area contributed by atoms with Crippen LogP contribution >= 0.6 is 0 Å². The summed E-state index contributed by atoms with van der Waals surface area (Å²) in [7, 11) is 0. The zero-order valence-electron chi connectivity index (χ0n) is 14.5. The van der Waals surface area contributed by atoms with E-state index in [1.165, 1.54) is 11.8 Å². The van der Waals surface area contributed by atoms with Gasteiger partial charge in [-0.25, -0.2) is 0 Å². The van der Waals surface area contributed by atoms with Crippen LogP contribution in [0.4, 0.5) is 0 Å². The molecule has 3 rings (SSSR count). The molecule has 6 nitrogen and oxygen atoms in total. The van der Waals surface area contributed by atoms with Gasteiger partial charge in [-0.05, 0) is 24.1 Å². The van der Waals surface area contributed by atoms with E-state index >= 15 is 0 Å². The number of carbonyl (C=O) groups is 2. The van der Waals surface area contributed by atoms with Gasteiger partial charge in [0.2, 0.25) is 0 Å². The van der Waals surface area contributed by atoms with Crippen molar-refractivity contribution >= 4 is 11.7 Å². The van der Waals surface area contributed by atoms with Gasteiger partial charge in [-0.3, -0.25) is 14.6 Å². The van der Waals surface area contributed by atoms with Crippen molar-refractivity contribution in [2.75, 3.05) is 6.61 Å². The van der Waals surface area contributed by atoms with E-state index in [0.29, 0.717) is 6.61 Å². The first-order chi connectivity index (χ1) is 12.6. The lowest BCUT2D eigenvalue weighted by Gasteiger charge is -2.25. The van der Waals surface area contributed by atoms with Gasteiger partial charge in [0.05, 0.1) is 13.2 Å². The zero-order valence-corrected chi connectivity index (χ0v) is 14.5. The lowest BCUT2D eigenvalue weighted by molar-refractivity contribution is -0.130. The normalized spacial score (nSPS) is 17.0. The number of aliphatic hydroxyl groups is 1. The number of hydrogen-bond acceptors (Lipinski definition) is 5. The number of nitrogens with zero attached hydrogens (tertiary/aromatic N) is 2. The Bertz CT molecular complexity index is 818. The minimum atomic E-state index is -0.690. The predicted molar refractivity (Wildman–Crippen MR) is 95.0 cm³/mol. The number of aromatic nitrogens is 1. The average Bonchev–Trinajstić information content (AvgIpc) is 2.87. The number of benzene rings is 1. The number of amides is 1. The Morgan fingerprint density at radius 1 is 1.19 bits per heavy atom. The van der Waals surface area contributed by atoms with Gasteiger partial charge < -0.3 is 14.7 Å². The molecule has 0 fully saturated rings. The Morgan fingerprint density at radius 2 is 1.92 bits per heavy atom. The summed E-state index contributed by atoms with van der Waals surface area (Å²) < 4.78 is 5.70. The van der Waals surface area contributed by atoms with Crippen LogP contribution in [-0.4, -0.2) is 39.3 Å². The third kappa shape index (κ3) is 3.81. The van der Waals surface area contributed by atoms with Crippen LogP contribution in [0.5, 0.6) is 0 Å². The third-order valence-corrected chi connectivity index (χ3v) is 4.24. The fourth-order valence-electron chi connectivity index (χ4n) is 2.94. The molecule has 1 aromatic carbocycles. The van der Waals surface area contributed by atoms with Crippen LogP contribution in [0.1, 0.15) is 18.1 Å². The molecule has 0 bridgehead atoms. The van der Waals surface area contributed by atoms with E-state index in [1.807, 2.05) is 36.4 Å². The number of rotatable bonds is 7. The summed E-state index contributed by atoms with van der Waals surface area (Å²) in [5.74, 6) is -1.15. The van der Waals surface area contributed by atoms with E-state index in [9.17, 15) is 14.7 Å². The smallest absolute Gasteiger partial charge is 0.261 e. The van der Waals surface area contributed by atoms with Crippen LogP contribution in [-0.2, 0) is 27.5 Å². The second kappa shape index (κ2) is 7.93. The third-order valence-electron chi connectivity index (χ3n) is 4.24. The van der Waals surface area contributed by atoms with Crippen molar-refractivity contribution < 1.29 is 19.4 Å². The summed E-state index contributed by atoms with van der Waals surface area (Å²) in [6.07, 6.45) is 3.30. The standard InChI is InChI=1S/C20H20N2O4/c1-14(23)18-19(24)17(13-26-12-15-6-3-2-4-7-15)22(20(18)25)11-16-8-5-9-21-10-16/h2-10,17,24H,11-13H2,1H3. The molecule has 2 heterocycles. The molecule has 2 aromatic rings. The number of ketones is 1. The highest BCUT2D eigenvalue weighted by Crippen LogP contribution is 2.27. The molecule has 1 amide bonds. The van der Waals surface area contributed by atoms with E-state index in [0.717, 1.165) is 11.1 Å². The summed E-state index contributed by atoms with van der Waals surface area (Å²) in [6, 6.07) is 12.5. The first kappa shape index (κ1) is 17.8. The maximum Gasteiger partial charge on any atom is 0.261 e. The molecule has 1 atom stereocenters. The Morgan fingerprint density at radius 3 is 2.58 bits per heavy atom. The molecule has 0 saturated carbocycles. The number of Topliss-reactive ketones (excluding diaryl/α,β-unsaturated/α-hetero) is 1. The number of hydrogen-bond donors (Lipinski definition) is 1. The number of pyridine rings is 1. The fraction of sp³-hybridized carbons (Fsp3) is 0.250. The van der Waals surface area contributed by atoms with Gasteiger partial charge in [0.1, 0.15) is 17.4 Å². The summed E-state index contributed by atoms with van der Waals surface area (Å²) in [5, 5.41) is 10.4. The van der Waals surface area contributed by atoms with Crippen molar-refractivity contribution in [3.63, 3.8) is 0 Å². The number of aliphatic hydroxyl groups excluding tert-OH is 1. The van der Waals surface area contributed by atoms with E-state index in [-0.39, 0.29) is 24.5 Å². The molecule has 0 radical (unpaired) electrons. The summed E-state index contributed by atoms with van der Waals surface area (Å²) in [4.78, 5) is 29.9. The molecule has 0 spiro atoms. The highest BCUT2D eigenvalue weighted by atomic mass is 16.5. The molecule has 0 saturated heterocycles. The van der Waals surface area contributed by atoms with E-state index < -0.39 is 17.7 Å². The van der Waals surface area contributed by atoms with Crippen LogP contribution in [0.3, 0.4) is 0 Å². The van der Waals surface area contributed by atoms with Crippen molar-refractivity contribution in [3.8, 4) is 0 Å². The summed E-state index contributed by atoms with van der Waals surface area (Å²) >= 11 is 0. The van der Waals surface area contributed by atoms with Gasteiger partial charge in [0.15, 0.2) is 5.78 Å². The quantitative estimate of drug-likeness (QED) is 0.774. The molecular formula is C20H20N2O4. The largest absolute Gasteiger partial charge is 0.509 e. The SMILES string of the molecule is CC(=O)C1=C(O)C(COCc2ccccc2)N(Cc2cccnc2)C1=O. The molecule has 26 heavy (non-hydrogen) atoms. The van der Waals surface area contributed by atoms with Crippen LogP contribution < -0.4 is 0 Å². The van der Waals surface area contributed by atoms with Crippen LogP contribution in [0.2, 0.25) is 0 Å². The van der Waals surface area contributed by atoms with Crippen molar-refractivity contribution in [3.05, 3.63) is 77.3 Å². The first-order valence-corrected chi connectivity index (χ1v) is 8.33. The van der Waals surface area contributed by atoms with E-state index in [1.54, 1.807) is 18.5 Å². The van der Waals surface area contributed by atoms with Gasteiger partial charge in [-0.2, -0.15) is 0 Å². The minimum Gasteiger partial charge on any atom is -0.509 e. The molecule has 1 unspecified atom stereocenters. The number of carbonyl (C=O) groups excluding carboxylic acids is 2. The second-order valence-corrected chi connectivity index (χ2v) is 6.13. The maximum atomic E-state index is 12.6. The molecule has 1 aliphatic rings. The van der Waals surface area contributed by atoms with Gasteiger partial charge in [-0.1, -0.05) is 36.4 Å². The molecule has 6 heteroatoms. The highest BCUT2D eigenvalue weighted by molar-refractivity contribution is 6.20. The first-order valence-electron chi connectivity index (χ1n) is 8.33. The predicted octanol–water partition coefficient (Wildman–Crippen LogP) is 2.41. The van der Waals surface area contributed by atoms with Crippen LogP contribution in [0.15, 0.2) is 66.2 Å². The van der Waals surface area contributed by atoms with Crippen molar-refractivity contribution in [2.45, 2.75) is 26.1 Å². The molecular weight excluding hydrogens is 332 g/mol. The lowest BCUT2D eigenvalue weighted by Crippen LogP contribution is -2.38. The topological polar surface area (TPSA) is 79.7 Å². The van der Waals surface area contributed by atoms with Crippen LogP contribution in [0, 0.1) is 0 Å². The maximum absolute atomic E-state index is 12.6. The Kier molecular flexibility index (Phi) is 5.43. The Labute approximate surface area is 151 Å². The zero-order chi connectivity index (χ0) is 18.5. The Balaban J connectivity index is 1.75. The fourth-order valence-corrected chi connectivity index (χ4v) is 2.94. The van der Waals surface area contributed by atoms with Crippen LogP contribution in [0.25, 0.3) is 0 Å². The van der Waals surface area contributed by atoms with E-state index in [4.69, 9.17) is 4.74 Å². The summed E-state index contributed by atoms with van der Waals surface area (Å²) in [5.41, 5.74) is 1.64. The summed E-state index contributed by atoms with van der Waals surface area (Å²) in [6.45, 7) is 1.98. The van der Waals surface area contributed by atoms with Gasteiger partial charge in [0.25, 0.3) is 5.91 Å². The van der Waals surface area contributed by atoms with Gasteiger partial charge in [0, 0.05) is 18.9 Å².